The van der Waals surface area contributed by atoms with Gasteiger partial charge in [0.25, 0.3) is 0 Å². The molecule has 3 heteroatoms. The highest BCUT2D eigenvalue weighted by atomic mass is 16.5. The summed E-state index contributed by atoms with van der Waals surface area (Å²) < 4.78 is 5.18. The molecule has 0 aliphatic heterocycles. The quantitative estimate of drug-likeness (QED) is 0.819. The van der Waals surface area contributed by atoms with Gasteiger partial charge < -0.3 is 15.4 Å². The van der Waals surface area contributed by atoms with Crippen molar-refractivity contribution in [3.63, 3.8) is 0 Å². The lowest BCUT2D eigenvalue weighted by Gasteiger charge is -2.13. The van der Waals surface area contributed by atoms with Gasteiger partial charge in [-0.2, -0.15) is 0 Å². The van der Waals surface area contributed by atoms with Gasteiger partial charge in [-0.1, -0.05) is 24.8 Å². The average Bonchev–Trinajstić information content (AvgIpc) is 2.52. The van der Waals surface area contributed by atoms with Crippen molar-refractivity contribution in [3.05, 3.63) is 60.2 Å². The van der Waals surface area contributed by atoms with E-state index >= 15 is 0 Å². The third-order valence-electron chi connectivity index (χ3n) is 3.80. The molecular formula is C19H24N2O. The lowest BCUT2D eigenvalue weighted by molar-refractivity contribution is 0.417. The smallest absolute Gasteiger partial charge is 0.141 e. The van der Waals surface area contributed by atoms with Gasteiger partial charge in [0, 0.05) is 19.8 Å². The van der Waals surface area contributed by atoms with Gasteiger partial charge in [-0.3, -0.25) is 0 Å². The molecule has 0 atom stereocenters. The Morgan fingerprint density at radius 3 is 2.36 bits per heavy atom. The first-order chi connectivity index (χ1) is 10.5. The van der Waals surface area contributed by atoms with Crippen LogP contribution in [0.25, 0.3) is 5.57 Å². The molecule has 0 aliphatic carbocycles. The van der Waals surface area contributed by atoms with Gasteiger partial charge in [-0.05, 0) is 53.8 Å². The van der Waals surface area contributed by atoms with Gasteiger partial charge in [0.05, 0.1) is 12.8 Å². The van der Waals surface area contributed by atoms with Crippen LogP contribution in [0, 0.1) is 0 Å². The number of hydrogen-bond donors (Lipinski definition) is 1. The molecule has 22 heavy (non-hydrogen) atoms. The first-order valence-corrected chi connectivity index (χ1v) is 7.39. The fraction of sp³-hybridized carbons (Fsp3) is 0.263. The van der Waals surface area contributed by atoms with Gasteiger partial charge >= 0.3 is 0 Å². The van der Waals surface area contributed by atoms with E-state index in [0.29, 0.717) is 5.69 Å². The Kier molecular flexibility index (Phi) is 5.10. The first-order valence-electron chi connectivity index (χ1n) is 7.39. The second kappa shape index (κ2) is 7.03. The van der Waals surface area contributed by atoms with E-state index in [4.69, 9.17) is 10.5 Å². The van der Waals surface area contributed by atoms with Crippen molar-refractivity contribution in [2.24, 2.45) is 0 Å². The molecule has 116 valence electrons. The number of ether oxygens (including phenoxy) is 1. The number of aryl methyl sites for hydroxylation is 1. The molecule has 0 spiro atoms. The van der Waals surface area contributed by atoms with Crippen molar-refractivity contribution in [3.8, 4) is 5.75 Å². The Morgan fingerprint density at radius 2 is 1.82 bits per heavy atom. The van der Waals surface area contributed by atoms with Gasteiger partial charge in [-0.25, -0.2) is 0 Å². The molecule has 0 heterocycles. The zero-order valence-electron chi connectivity index (χ0n) is 13.6. The van der Waals surface area contributed by atoms with E-state index in [0.717, 1.165) is 24.2 Å². The van der Waals surface area contributed by atoms with Crippen molar-refractivity contribution in [1.29, 1.82) is 0 Å². The zero-order chi connectivity index (χ0) is 16.1. The highest BCUT2D eigenvalue weighted by Gasteiger charge is 2.04. The zero-order valence-corrected chi connectivity index (χ0v) is 13.6. The maximum Gasteiger partial charge on any atom is 0.141 e. The standard InChI is InChI=1S/C19H24N2O/c1-14(16-8-10-17(11-9-16)21(2)3)5-6-15-7-12-19(22-4)18(20)13-15/h7-13H,1,5-6,20H2,2-4H3. The summed E-state index contributed by atoms with van der Waals surface area (Å²) >= 11 is 0. The van der Waals surface area contributed by atoms with Gasteiger partial charge in [0.1, 0.15) is 5.75 Å². The van der Waals surface area contributed by atoms with Crippen LogP contribution in [0.15, 0.2) is 49.0 Å². The number of rotatable bonds is 6. The minimum Gasteiger partial charge on any atom is -0.495 e. The van der Waals surface area contributed by atoms with Crippen LogP contribution in [-0.4, -0.2) is 21.2 Å². The summed E-state index contributed by atoms with van der Waals surface area (Å²) in [6, 6.07) is 14.4. The van der Waals surface area contributed by atoms with Gasteiger partial charge in [-0.15, -0.1) is 0 Å². The normalized spacial score (nSPS) is 10.3. The fourth-order valence-electron chi connectivity index (χ4n) is 2.37. The number of nitrogen functional groups attached to an aromatic ring is 1. The summed E-state index contributed by atoms with van der Waals surface area (Å²) in [4.78, 5) is 2.09. The van der Waals surface area contributed by atoms with Crippen molar-refractivity contribution < 1.29 is 4.74 Å². The number of methoxy groups -OCH3 is 1. The van der Waals surface area contributed by atoms with Crippen LogP contribution in [0.5, 0.6) is 5.75 Å². The Balaban J connectivity index is 1.99. The van der Waals surface area contributed by atoms with Crippen molar-refractivity contribution in [2.75, 3.05) is 31.8 Å². The molecule has 2 aromatic carbocycles. The molecule has 2 N–H and O–H groups in total. The summed E-state index contributed by atoms with van der Waals surface area (Å²) in [5, 5.41) is 0. The minimum absolute atomic E-state index is 0.681. The summed E-state index contributed by atoms with van der Waals surface area (Å²) in [7, 11) is 5.71. The van der Waals surface area contributed by atoms with Crippen LogP contribution in [0.2, 0.25) is 0 Å². The molecule has 0 bridgehead atoms. The van der Waals surface area contributed by atoms with Crippen LogP contribution in [0.4, 0.5) is 11.4 Å². The maximum absolute atomic E-state index is 5.94. The van der Waals surface area contributed by atoms with Gasteiger partial charge in [0.15, 0.2) is 0 Å². The maximum atomic E-state index is 5.94. The molecule has 0 radical (unpaired) electrons. The molecule has 0 unspecified atom stereocenters. The van der Waals surface area contributed by atoms with Crippen molar-refractivity contribution in [2.45, 2.75) is 12.8 Å². The first kappa shape index (κ1) is 16.0. The molecule has 0 aliphatic rings. The molecule has 2 rings (SSSR count). The second-order valence-corrected chi connectivity index (χ2v) is 5.62. The van der Waals surface area contributed by atoms with E-state index in [1.165, 1.54) is 16.8 Å². The monoisotopic (exact) mass is 296 g/mol. The van der Waals surface area contributed by atoms with Gasteiger partial charge in [0.2, 0.25) is 0 Å². The van der Waals surface area contributed by atoms with Crippen LogP contribution < -0.4 is 15.4 Å². The lowest BCUT2D eigenvalue weighted by atomic mass is 9.99. The van der Waals surface area contributed by atoms with E-state index in [1.807, 2.05) is 26.2 Å². The third kappa shape index (κ3) is 3.82. The van der Waals surface area contributed by atoms with E-state index in [2.05, 4.69) is 41.8 Å². The van der Waals surface area contributed by atoms with Crippen LogP contribution in [0.3, 0.4) is 0 Å². The summed E-state index contributed by atoms with van der Waals surface area (Å²) in [5.74, 6) is 0.724. The Bertz CT molecular complexity index is 645. The van der Waals surface area contributed by atoms with Crippen LogP contribution in [-0.2, 0) is 6.42 Å². The summed E-state index contributed by atoms with van der Waals surface area (Å²) in [6.45, 7) is 4.20. The Labute approximate surface area is 133 Å². The lowest BCUT2D eigenvalue weighted by Crippen LogP contribution is -2.08. The molecular weight excluding hydrogens is 272 g/mol. The highest BCUT2D eigenvalue weighted by Crippen LogP contribution is 2.25. The molecule has 0 saturated heterocycles. The number of anilines is 2. The van der Waals surface area contributed by atoms with E-state index < -0.39 is 0 Å². The molecule has 2 aromatic rings. The largest absolute Gasteiger partial charge is 0.495 e. The highest BCUT2D eigenvalue weighted by molar-refractivity contribution is 5.66. The fourth-order valence-corrected chi connectivity index (χ4v) is 2.37. The number of nitrogens with two attached hydrogens (primary N) is 1. The van der Waals surface area contributed by atoms with Crippen LogP contribution in [0.1, 0.15) is 17.5 Å². The number of nitrogens with zero attached hydrogens (tertiary/aromatic N) is 1. The molecule has 0 saturated carbocycles. The predicted octanol–water partition coefficient (Wildman–Crippen LogP) is 3.99. The molecule has 0 amide bonds. The van der Waals surface area contributed by atoms with E-state index in [9.17, 15) is 0 Å². The Morgan fingerprint density at radius 1 is 1.14 bits per heavy atom. The Hall–Kier alpha value is -2.42. The molecule has 0 aromatic heterocycles. The third-order valence-corrected chi connectivity index (χ3v) is 3.80. The van der Waals surface area contributed by atoms with Crippen molar-refractivity contribution in [1.82, 2.24) is 0 Å². The topological polar surface area (TPSA) is 38.5 Å². The number of hydrogen-bond acceptors (Lipinski definition) is 3. The summed E-state index contributed by atoms with van der Waals surface area (Å²) in [6.07, 6.45) is 1.83. The SMILES string of the molecule is C=C(CCc1ccc(OC)c(N)c1)c1ccc(N(C)C)cc1. The van der Waals surface area contributed by atoms with E-state index in [1.54, 1.807) is 7.11 Å². The van der Waals surface area contributed by atoms with E-state index in [-0.39, 0.29) is 0 Å². The number of allylic oxidation sites excluding steroid dienone is 1. The summed E-state index contributed by atoms with van der Waals surface area (Å²) in [5.41, 5.74) is 11.3. The molecule has 0 fully saturated rings. The second-order valence-electron chi connectivity index (χ2n) is 5.62. The average molecular weight is 296 g/mol. The molecule has 3 nitrogen and oxygen atoms in total. The minimum atomic E-state index is 0.681. The van der Waals surface area contributed by atoms with Crippen LogP contribution >= 0.6 is 0 Å². The number of benzene rings is 2. The van der Waals surface area contributed by atoms with Crippen molar-refractivity contribution >= 4 is 16.9 Å². The predicted molar refractivity (Wildman–Crippen MR) is 95.5 cm³/mol.